The molecule has 0 spiro atoms. The number of amides is 1. The summed E-state index contributed by atoms with van der Waals surface area (Å²) in [5, 5.41) is 6.80. The van der Waals surface area contributed by atoms with Crippen molar-refractivity contribution in [1.82, 2.24) is 20.2 Å². The van der Waals surface area contributed by atoms with Crippen LogP contribution >= 0.6 is 11.6 Å². The summed E-state index contributed by atoms with van der Waals surface area (Å²) in [5.41, 5.74) is 4.87. The number of halogens is 2. The van der Waals surface area contributed by atoms with Gasteiger partial charge in [0.15, 0.2) is 0 Å². The maximum atomic E-state index is 15.1. The summed E-state index contributed by atoms with van der Waals surface area (Å²) >= 11 is 6.39. The molecule has 210 valence electrons. The summed E-state index contributed by atoms with van der Waals surface area (Å²) < 4.78 is 20.6. The number of hydrogen-bond donors (Lipinski definition) is 2. The van der Waals surface area contributed by atoms with Gasteiger partial charge in [0.1, 0.15) is 11.6 Å². The van der Waals surface area contributed by atoms with Gasteiger partial charge in [-0.2, -0.15) is 0 Å². The first-order valence-electron chi connectivity index (χ1n) is 13.2. The van der Waals surface area contributed by atoms with Gasteiger partial charge in [-0.1, -0.05) is 23.7 Å². The molecule has 41 heavy (non-hydrogen) atoms. The Kier molecular flexibility index (Phi) is 8.56. The molecular weight excluding hydrogens is 543 g/mol. The Morgan fingerprint density at radius 2 is 1.93 bits per heavy atom. The molecule has 1 aliphatic rings. The van der Waals surface area contributed by atoms with E-state index in [2.05, 4.69) is 15.6 Å². The molecule has 0 atom stereocenters. The number of nitrogens with zero attached hydrogens (tertiary/aromatic N) is 4. The monoisotopic (exact) mass is 572 g/mol. The van der Waals surface area contributed by atoms with Crippen LogP contribution in [0.1, 0.15) is 33.5 Å². The van der Waals surface area contributed by atoms with Crippen LogP contribution in [0.25, 0.3) is 11.3 Å². The molecule has 4 aromatic rings. The van der Waals surface area contributed by atoms with Crippen LogP contribution in [0.4, 0.5) is 16.0 Å². The predicted molar refractivity (Wildman–Crippen MR) is 160 cm³/mol. The summed E-state index contributed by atoms with van der Waals surface area (Å²) in [6, 6.07) is 17.3. The first-order chi connectivity index (χ1) is 19.9. The molecule has 0 radical (unpaired) electrons. The van der Waals surface area contributed by atoms with E-state index in [9.17, 15) is 4.79 Å². The molecule has 3 aromatic carbocycles. The number of aliphatic imine (C=N–C) groups is 1. The van der Waals surface area contributed by atoms with E-state index in [1.165, 1.54) is 13.2 Å². The molecule has 10 heteroatoms. The highest BCUT2D eigenvalue weighted by Gasteiger charge is 2.25. The number of carbonyl (C=O) groups excluding carboxylic acids is 1. The van der Waals surface area contributed by atoms with Crippen molar-refractivity contribution in [2.24, 2.45) is 4.99 Å². The predicted octanol–water partition coefficient (Wildman–Crippen LogP) is 5.72. The molecule has 0 bridgehead atoms. The number of aromatic nitrogens is 2. The minimum absolute atomic E-state index is 0.0357. The molecule has 5 rings (SSSR count). The molecule has 2 N–H and O–H groups in total. The van der Waals surface area contributed by atoms with E-state index >= 15 is 4.39 Å². The zero-order valence-electron chi connectivity index (χ0n) is 23.0. The second-order valence-electron chi connectivity index (χ2n) is 9.63. The van der Waals surface area contributed by atoms with Crippen molar-refractivity contribution in [1.29, 1.82) is 0 Å². The number of fused-ring (bicyclic) bond motifs is 3. The second-order valence-corrected chi connectivity index (χ2v) is 10.1. The van der Waals surface area contributed by atoms with Crippen molar-refractivity contribution < 1.29 is 13.9 Å². The molecule has 0 fully saturated rings. The van der Waals surface area contributed by atoms with Gasteiger partial charge in [-0.25, -0.2) is 14.4 Å². The van der Waals surface area contributed by atoms with Gasteiger partial charge >= 0.3 is 0 Å². The smallest absolute Gasteiger partial charge is 0.253 e. The van der Waals surface area contributed by atoms with E-state index in [1.807, 2.05) is 25.2 Å². The van der Waals surface area contributed by atoms with Gasteiger partial charge in [0.05, 0.1) is 30.6 Å². The zero-order chi connectivity index (χ0) is 28.9. The SMILES string of the molecule is CNCCCN(C)C(=O)c1ccc(Nc2ncc3c(n2)-c2ccc(Cl)cc2C(c2c(F)cccc2OC)=NC3)cc1. The summed E-state index contributed by atoms with van der Waals surface area (Å²) in [4.78, 5) is 28.5. The molecule has 0 unspecified atom stereocenters. The highest BCUT2D eigenvalue weighted by molar-refractivity contribution is 6.31. The topological polar surface area (TPSA) is 91.7 Å². The lowest BCUT2D eigenvalue weighted by atomic mass is 9.94. The number of ether oxygens (including phenoxy) is 1. The molecule has 1 aliphatic heterocycles. The number of anilines is 2. The Bertz CT molecular complexity index is 1610. The van der Waals surface area contributed by atoms with Crippen molar-refractivity contribution in [3.8, 4) is 17.0 Å². The van der Waals surface area contributed by atoms with Crippen LogP contribution < -0.4 is 15.4 Å². The van der Waals surface area contributed by atoms with E-state index in [-0.39, 0.29) is 18.0 Å². The van der Waals surface area contributed by atoms with E-state index in [1.54, 1.807) is 54.5 Å². The number of benzene rings is 3. The van der Waals surface area contributed by atoms with Gasteiger partial charge in [0.2, 0.25) is 5.95 Å². The Morgan fingerprint density at radius 3 is 2.68 bits per heavy atom. The lowest BCUT2D eigenvalue weighted by Gasteiger charge is -2.17. The average Bonchev–Trinajstić information content (AvgIpc) is 3.13. The Hall–Kier alpha value is -4.34. The summed E-state index contributed by atoms with van der Waals surface area (Å²) in [6.45, 7) is 1.77. The molecule has 0 saturated carbocycles. The summed E-state index contributed by atoms with van der Waals surface area (Å²) in [7, 11) is 5.19. The van der Waals surface area contributed by atoms with Gasteiger partial charge in [0.25, 0.3) is 5.91 Å². The van der Waals surface area contributed by atoms with Crippen LogP contribution in [0.2, 0.25) is 5.02 Å². The van der Waals surface area contributed by atoms with Crippen LogP contribution in [0.15, 0.2) is 71.9 Å². The molecule has 0 aliphatic carbocycles. The van der Waals surface area contributed by atoms with Gasteiger partial charge < -0.3 is 20.3 Å². The first-order valence-corrected chi connectivity index (χ1v) is 13.6. The number of nitrogens with one attached hydrogen (secondary N) is 2. The minimum atomic E-state index is -0.445. The fourth-order valence-electron chi connectivity index (χ4n) is 4.74. The van der Waals surface area contributed by atoms with Crippen LogP contribution in [-0.4, -0.2) is 60.8 Å². The van der Waals surface area contributed by atoms with E-state index in [4.69, 9.17) is 26.3 Å². The van der Waals surface area contributed by atoms with Gasteiger partial charge in [-0.05, 0) is 68.5 Å². The number of methoxy groups -OCH3 is 1. The maximum Gasteiger partial charge on any atom is 0.253 e. The van der Waals surface area contributed by atoms with Gasteiger partial charge in [-0.3, -0.25) is 9.79 Å². The van der Waals surface area contributed by atoms with Crippen molar-refractivity contribution in [2.45, 2.75) is 13.0 Å². The highest BCUT2D eigenvalue weighted by Crippen LogP contribution is 2.36. The summed E-state index contributed by atoms with van der Waals surface area (Å²) in [5.74, 6) is 0.269. The lowest BCUT2D eigenvalue weighted by Crippen LogP contribution is -2.29. The van der Waals surface area contributed by atoms with Crippen molar-refractivity contribution in [3.05, 3.63) is 100.0 Å². The fraction of sp³-hybridized carbons (Fsp3) is 0.226. The first kappa shape index (κ1) is 28.2. The molecule has 2 heterocycles. The van der Waals surface area contributed by atoms with E-state index in [0.717, 1.165) is 29.8 Å². The van der Waals surface area contributed by atoms with Gasteiger partial charge in [0, 0.05) is 52.8 Å². The fourth-order valence-corrected chi connectivity index (χ4v) is 4.91. The van der Waals surface area contributed by atoms with Crippen molar-refractivity contribution >= 4 is 34.9 Å². The van der Waals surface area contributed by atoms with Crippen LogP contribution in [0.5, 0.6) is 5.75 Å². The normalized spacial score (nSPS) is 12.1. The quantitative estimate of drug-likeness (QED) is 0.249. The maximum absolute atomic E-state index is 15.1. The average molecular weight is 573 g/mol. The van der Waals surface area contributed by atoms with Crippen LogP contribution in [0.3, 0.4) is 0 Å². The minimum Gasteiger partial charge on any atom is -0.496 e. The lowest BCUT2D eigenvalue weighted by molar-refractivity contribution is 0.0794. The van der Waals surface area contributed by atoms with Crippen LogP contribution in [0, 0.1) is 5.82 Å². The van der Waals surface area contributed by atoms with Crippen molar-refractivity contribution in [2.75, 3.05) is 39.6 Å². The number of hydrogen-bond acceptors (Lipinski definition) is 7. The van der Waals surface area contributed by atoms with E-state index in [0.29, 0.717) is 45.8 Å². The number of carbonyl (C=O) groups is 1. The standard InChI is InChI=1S/C31H30ClFN6O2/c1-34-14-5-15-39(2)30(40)19-8-11-22(12-9-19)37-31-36-18-20-17-35-29(27-25(33)6-4-7-26(27)41-3)24-16-21(32)10-13-23(24)28(20)38-31/h4,6-13,16,18,34H,5,14-15,17H2,1-3H3,(H,36,37,38). The van der Waals surface area contributed by atoms with Crippen LogP contribution in [-0.2, 0) is 6.54 Å². The third kappa shape index (κ3) is 6.06. The molecule has 1 aromatic heterocycles. The van der Waals surface area contributed by atoms with Gasteiger partial charge in [-0.15, -0.1) is 0 Å². The van der Waals surface area contributed by atoms with E-state index < -0.39 is 5.82 Å². The molecule has 0 saturated heterocycles. The Balaban J connectivity index is 1.43. The Labute approximate surface area is 243 Å². The summed E-state index contributed by atoms with van der Waals surface area (Å²) in [6.07, 6.45) is 2.59. The molecule has 1 amide bonds. The highest BCUT2D eigenvalue weighted by atomic mass is 35.5. The number of rotatable bonds is 9. The van der Waals surface area contributed by atoms with Crippen molar-refractivity contribution in [3.63, 3.8) is 0 Å². The third-order valence-electron chi connectivity index (χ3n) is 6.85. The largest absolute Gasteiger partial charge is 0.496 e. The third-order valence-corrected chi connectivity index (χ3v) is 7.09. The zero-order valence-corrected chi connectivity index (χ0v) is 23.8. The molecule has 8 nitrogen and oxygen atoms in total. The second kappa shape index (κ2) is 12.4. The molecular formula is C31H30ClFN6O2. The Morgan fingerprint density at radius 1 is 1.12 bits per heavy atom.